The molecule has 2 heterocycles. The van der Waals surface area contributed by atoms with Gasteiger partial charge in [0.15, 0.2) is 9.84 Å². The summed E-state index contributed by atoms with van der Waals surface area (Å²) in [6.45, 7) is 2.10. The number of sulfone groups is 1. The van der Waals surface area contributed by atoms with Crippen LogP contribution in [0.25, 0.3) is 0 Å². The lowest BCUT2D eigenvalue weighted by Gasteiger charge is -2.35. The number of carboxylic acid groups (broad SMARTS) is 1. The Labute approximate surface area is 123 Å². The third kappa shape index (κ3) is 2.62. The van der Waals surface area contributed by atoms with E-state index in [4.69, 9.17) is 0 Å². The van der Waals surface area contributed by atoms with E-state index in [1.165, 1.54) is 0 Å². The summed E-state index contributed by atoms with van der Waals surface area (Å²) in [5.74, 6) is -0.488. The van der Waals surface area contributed by atoms with Crippen molar-refractivity contribution in [1.29, 1.82) is 0 Å². The molecule has 1 N–H and O–H groups in total. The van der Waals surface area contributed by atoms with Gasteiger partial charge in [-0.3, -0.25) is 0 Å². The predicted octanol–water partition coefficient (Wildman–Crippen LogP) is 0.892. The first-order chi connectivity index (χ1) is 9.87. The van der Waals surface area contributed by atoms with Crippen LogP contribution in [0, 0.1) is 0 Å². The average molecular weight is 310 g/mol. The largest absolute Gasteiger partial charge is 0.478 e. The number of rotatable bonds is 2. The lowest BCUT2D eigenvalue weighted by Crippen LogP contribution is -2.48. The topological polar surface area (TPSA) is 87.6 Å². The van der Waals surface area contributed by atoms with Crippen molar-refractivity contribution in [2.75, 3.05) is 23.0 Å². The van der Waals surface area contributed by atoms with Crippen molar-refractivity contribution in [3.63, 3.8) is 0 Å². The van der Waals surface area contributed by atoms with Crippen LogP contribution < -0.4 is 4.90 Å². The number of anilines is 1. The SMILES string of the molecule is CC1CS(=O)(=O)CCN1c1nc2c(cc1C(=O)O)CCC2. The Morgan fingerprint density at radius 3 is 2.86 bits per heavy atom. The molecule has 0 spiro atoms. The maximum Gasteiger partial charge on any atom is 0.339 e. The molecule has 0 radical (unpaired) electrons. The number of aromatic nitrogens is 1. The number of nitrogens with zero attached hydrogens (tertiary/aromatic N) is 2. The van der Waals surface area contributed by atoms with Crippen molar-refractivity contribution in [2.45, 2.75) is 32.2 Å². The highest BCUT2D eigenvalue weighted by atomic mass is 32.2. The molecule has 0 amide bonds. The number of carbonyl (C=O) groups is 1. The molecule has 2 aliphatic rings. The third-order valence-electron chi connectivity index (χ3n) is 4.20. The van der Waals surface area contributed by atoms with Crippen LogP contribution in [0.3, 0.4) is 0 Å². The summed E-state index contributed by atoms with van der Waals surface area (Å²) in [7, 11) is -3.03. The van der Waals surface area contributed by atoms with E-state index in [0.29, 0.717) is 12.4 Å². The van der Waals surface area contributed by atoms with E-state index in [-0.39, 0.29) is 23.1 Å². The van der Waals surface area contributed by atoms with Crippen molar-refractivity contribution in [3.05, 3.63) is 22.9 Å². The monoisotopic (exact) mass is 310 g/mol. The van der Waals surface area contributed by atoms with Gasteiger partial charge in [0.25, 0.3) is 0 Å². The molecular formula is C14H18N2O4S. The number of hydrogen-bond acceptors (Lipinski definition) is 5. The zero-order chi connectivity index (χ0) is 15.2. The predicted molar refractivity (Wildman–Crippen MR) is 78.7 cm³/mol. The van der Waals surface area contributed by atoms with E-state index in [1.807, 2.05) is 4.90 Å². The number of fused-ring (bicyclic) bond motifs is 1. The zero-order valence-electron chi connectivity index (χ0n) is 11.9. The number of carboxylic acids is 1. The van der Waals surface area contributed by atoms with E-state index in [0.717, 1.165) is 30.5 Å². The van der Waals surface area contributed by atoms with Crippen LogP contribution in [0.4, 0.5) is 5.82 Å². The molecule has 6 nitrogen and oxygen atoms in total. The van der Waals surface area contributed by atoms with Crippen molar-refractivity contribution in [1.82, 2.24) is 4.98 Å². The van der Waals surface area contributed by atoms with Gasteiger partial charge in [-0.15, -0.1) is 0 Å². The van der Waals surface area contributed by atoms with Gasteiger partial charge in [0, 0.05) is 18.3 Å². The van der Waals surface area contributed by atoms with Gasteiger partial charge < -0.3 is 10.0 Å². The van der Waals surface area contributed by atoms with Gasteiger partial charge in [-0.1, -0.05) is 0 Å². The Balaban J connectivity index is 2.03. The van der Waals surface area contributed by atoms with Crippen LogP contribution in [-0.2, 0) is 22.7 Å². The number of aromatic carboxylic acids is 1. The zero-order valence-corrected chi connectivity index (χ0v) is 12.7. The maximum atomic E-state index is 11.7. The van der Waals surface area contributed by atoms with Crippen LogP contribution >= 0.6 is 0 Å². The molecule has 7 heteroatoms. The molecule has 1 aromatic rings. The lowest BCUT2D eigenvalue weighted by molar-refractivity contribution is 0.0697. The van der Waals surface area contributed by atoms with E-state index >= 15 is 0 Å². The average Bonchev–Trinajstić information content (AvgIpc) is 2.83. The van der Waals surface area contributed by atoms with Crippen LogP contribution in [0.2, 0.25) is 0 Å². The smallest absolute Gasteiger partial charge is 0.339 e. The highest BCUT2D eigenvalue weighted by Gasteiger charge is 2.32. The first-order valence-corrected chi connectivity index (χ1v) is 8.93. The fourth-order valence-electron chi connectivity index (χ4n) is 3.15. The first-order valence-electron chi connectivity index (χ1n) is 7.10. The minimum absolute atomic E-state index is 0.0465. The summed E-state index contributed by atoms with van der Waals surface area (Å²) in [4.78, 5) is 17.9. The molecule has 0 saturated carbocycles. The second-order valence-electron chi connectivity index (χ2n) is 5.78. The van der Waals surface area contributed by atoms with Crippen LogP contribution in [0.5, 0.6) is 0 Å². The molecule has 21 heavy (non-hydrogen) atoms. The molecule has 1 aromatic heterocycles. The summed E-state index contributed by atoms with van der Waals surface area (Å²) in [6.07, 6.45) is 2.73. The molecule has 114 valence electrons. The van der Waals surface area contributed by atoms with Gasteiger partial charge in [0.1, 0.15) is 11.4 Å². The molecule has 1 atom stereocenters. The molecule has 1 fully saturated rings. The Bertz CT molecular complexity index is 699. The van der Waals surface area contributed by atoms with Gasteiger partial charge in [-0.25, -0.2) is 18.2 Å². The molecule has 1 unspecified atom stereocenters. The third-order valence-corrected chi connectivity index (χ3v) is 6.00. The van der Waals surface area contributed by atoms with Crippen molar-refractivity contribution >= 4 is 21.6 Å². The number of pyridine rings is 1. The summed E-state index contributed by atoms with van der Waals surface area (Å²) in [5, 5.41) is 9.43. The quantitative estimate of drug-likeness (QED) is 0.873. The summed E-state index contributed by atoms with van der Waals surface area (Å²) >= 11 is 0. The molecule has 0 bridgehead atoms. The number of hydrogen-bond donors (Lipinski definition) is 1. The second-order valence-corrected chi connectivity index (χ2v) is 8.01. The molecular weight excluding hydrogens is 292 g/mol. The molecule has 0 aromatic carbocycles. The molecule has 1 saturated heterocycles. The summed E-state index contributed by atoms with van der Waals surface area (Å²) < 4.78 is 23.4. The standard InChI is InChI=1S/C14H18N2O4S/c1-9-8-21(19,20)6-5-16(9)13-11(14(17)18)7-10-3-2-4-12(10)15-13/h7,9H,2-6,8H2,1H3,(H,17,18). The lowest BCUT2D eigenvalue weighted by atomic mass is 10.1. The first kappa shape index (κ1) is 14.3. The molecule has 1 aliphatic heterocycles. The van der Waals surface area contributed by atoms with Gasteiger partial charge in [-0.2, -0.15) is 0 Å². The fourth-order valence-corrected chi connectivity index (χ4v) is 4.71. The minimum atomic E-state index is -3.03. The van der Waals surface area contributed by atoms with E-state index in [2.05, 4.69) is 4.98 Å². The molecule has 3 rings (SSSR count). The van der Waals surface area contributed by atoms with Gasteiger partial charge in [0.05, 0.1) is 11.5 Å². The van der Waals surface area contributed by atoms with Crippen molar-refractivity contribution in [2.24, 2.45) is 0 Å². The Hall–Kier alpha value is -1.63. The van der Waals surface area contributed by atoms with Crippen molar-refractivity contribution < 1.29 is 18.3 Å². The highest BCUT2D eigenvalue weighted by Crippen LogP contribution is 2.29. The summed E-state index contributed by atoms with van der Waals surface area (Å²) in [6, 6.07) is 1.46. The normalized spacial score (nSPS) is 23.9. The van der Waals surface area contributed by atoms with E-state index in [9.17, 15) is 18.3 Å². The second kappa shape index (κ2) is 4.98. The maximum absolute atomic E-state index is 11.7. The Morgan fingerprint density at radius 2 is 2.19 bits per heavy atom. The fraction of sp³-hybridized carbons (Fsp3) is 0.571. The Kier molecular flexibility index (Phi) is 3.39. The van der Waals surface area contributed by atoms with Gasteiger partial charge in [0.2, 0.25) is 0 Å². The molecule has 1 aliphatic carbocycles. The van der Waals surface area contributed by atoms with Gasteiger partial charge in [-0.05, 0) is 37.8 Å². The Morgan fingerprint density at radius 1 is 1.43 bits per heavy atom. The number of aryl methyl sites for hydroxylation is 2. The van der Waals surface area contributed by atoms with Crippen LogP contribution in [0.1, 0.15) is 35.0 Å². The highest BCUT2D eigenvalue weighted by molar-refractivity contribution is 7.91. The summed E-state index contributed by atoms with van der Waals surface area (Å²) in [5.41, 5.74) is 2.14. The van der Waals surface area contributed by atoms with Crippen molar-refractivity contribution in [3.8, 4) is 0 Å². The minimum Gasteiger partial charge on any atom is -0.478 e. The van der Waals surface area contributed by atoms with Crippen LogP contribution in [-0.4, -0.2) is 48.6 Å². The van der Waals surface area contributed by atoms with Gasteiger partial charge >= 0.3 is 5.97 Å². The van der Waals surface area contributed by atoms with E-state index in [1.54, 1.807) is 13.0 Å². The van der Waals surface area contributed by atoms with E-state index < -0.39 is 15.8 Å². The van der Waals surface area contributed by atoms with Crippen LogP contribution in [0.15, 0.2) is 6.07 Å².